The van der Waals surface area contributed by atoms with Gasteiger partial charge in [-0.25, -0.2) is 0 Å². The highest BCUT2D eigenvalue weighted by atomic mass is 19.4. The van der Waals surface area contributed by atoms with Crippen molar-refractivity contribution in [1.29, 1.82) is 0 Å². The van der Waals surface area contributed by atoms with Gasteiger partial charge in [0.2, 0.25) is 5.91 Å². The van der Waals surface area contributed by atoms with Gasteiger partial charge in [-0.15, -0.1) is 0 Å². The molecule has 1 aliphatic heterocycles. The lowest BCUT2D eigenvalue weighted by Crippen LogP contribution is -2.28. The topological polar surface area (TPSA) is 20.3 Å². The molecular formula is C13H14F3NO. The highest BCUT2D eigenvalue weighted by Gasteiger charge is 2.32. The van der Waals surface area contributed by atoms with E-state index in [1.165, 1.54) is 19.1 Å². The zero-order chi connectivity index (χ0) is 13.3. The zero-order valence-electron chi connectivity index (χ0n) is 10.00. The van der Waals surface area contributed by atoms with Crippen LogP contribution in [-0.4, -0.2) is 17.4 Å². The van der Waals surface area contributed by atoms with E-state index in [-0.39, 0.29) is 11.9 Å². The first-order valence-electron chi connectivity index (χ1n) is 5.84. The van der Waals surface area contributed by atoms with Crippen molar-refractivity contribution in [3.8, 4) is 0 Å². The first-order valence-corrected chi connectivity index (χ1v) is 5.84. The average molecular weight is 257 g/mol. The van der Waals surface area contributed by atoms with Gasteiger partial charge in [-0.05, 0) is 30.5 Å². The van der Waals surface area contributed by atoms with Crippen molar-refractivity contribution in [1.82, 2.24) is 4.90 Å². The largest absolute Gasteiger partial charge is 0.416 e. The predicted octanol–water partition coefficient (Wildman–Crippen LogP) is 3.39. The van der Waals surface area contributed by atoms with E-state index in [1.54, 1.807) is 4.90 Å². The Hall–Kier alpha value is -1.52. The smallest absolute Gasteiger partial charge is 0.336 e. The Morgan fingerprint density at radius 3 is 2.39 bits per heavy atom. The Bertz CT molecular complexity index is 439. The van der Waals surface area contributed by atoms with Crippen molar-refractivity contribution in [2.75, 3.05) is 6.54 Å². The van der Waals surface area contributed by atoms with Crippen molar-refractivity contribution in [2.45, 2.75) is 32.0 Å². The van der Waals surface area contributed by atoms with Gasteiger partial charge in [0.05, 0.1) is 11.6 Å². The van der Waals surface area contributed by atoms with Gasteiger partial charge >= 0.3 is 6.18 Å². The van der Waals surface area contributed by atoms with Crippen LogP contribution in [0.3, 0.4) is 0 Å². The number of alkyl halides is 3. The molecule has 0 bridgehead atoms. The van der Waals surface area contributed by atoms with Crippen LogP contribution in [0.1, 0.15) is 36.9 Å². The van der Waals surface area contributed by atoms with Crippen LogP contribution in [0, 0.1) is 0 Å². The number of carbonyl (C=O) groups is 1. The van der Waals surface area contributed by atoms with Crippen LogP contribution in [0.25, 0.3) is 0 Å². The number of halogens is 3. The quantitative estimate of drug-likeness (QED) is 0.755. The maximum Gasteiger partial charge on any atom is 0.416 e. The second-order valence-electron chi connectivity index (χ2n) is 4.49. The molecule has 0 aliphatic carbocycles. The third kappa shape index (κ3) is 2.49. The molecule has 0 radical (unpaired) electrons. The SMILES string of the molecule is CC(=O)N1CCC[C@H]1c1ccc(C(F)(F)F)cc1. The fourth-order valence-corrected chi connectivity index (χ4v) is 2.38. The van der Waals surface area contributed by atoms with E-state index >= 15 is 0 Å². The van der Waals surface area contributed by atoms with Gasteiger partial charge in [-0.2, -0.15) is 13.2 Å². The fourth-order valence-electron chi connectivity index (χ4n) is 2.38. The van der Waals surface area contributed by atoms with Crippen molar-refractivity contribution < 1.29 is 18.0 Å². The van der Waals surface area contributed by atoms with Crippen molar-refractivity contribution in [3.63, 3.8) is 0 Å². The molecule has 18 heavy (non-hydrogen) atoms. The Morgan fingerprint density at radius 2 is 1.89 bits per heavy atom. The summed E-state index contributed by atoms with van der Waals surface area (Å²) in [7, 11) is 0. The first-order chi connectivity index (χ1) is 8.39. The molecule has 1 heterocycles. The number of carbonyl (C=O) groups excluding carboxylic acids is 1. The molecule has 0 spiro atoms. The zero-order valence-corrected chi connectivity index (χ0v) is 10.00. The summed E-state index contributed by atoms with van der Waals surface area (Å²) in [5.74, 6) is -0.0302. The maximum atomic E-state index is 12.4. The number of rotatable bonds is 1. The molecular weight excluding hydrogens is 243 g/mol. The molecule has 1 aliphatic rings. The molecule has 2 nitrogen and oxygen atoms in total. The van der Waals surface area contributed by atoms with Gasteiger partial charge in [0.1, 0.15) is 0 Å². The van der Waals surface area contributed by atoms with Crippen LogP contribution in [0.15, 0.2) is 24.3 Å². The van der Waals surface area contributed by atoms with Gasteiger partial charge < -0.3 is 4.90 Å². The molecule has 2 rings (SSSR count). The van der Waals surface area contributed by atoms with E-state index in [0.717, 1.165) is 30.5 Å². The number of likely N-dealkylation sites (tertiary alicyclic amines) is 1. The second kappa shape index (κ2) is 4.63. The molecule has 0 unspecified atom stereocenters. The summed E-state index contributed by atoms with van der Waals surface area (Å²) in [6.07, 6.45) is -2.61. The lowest BCUT2D eigenvalue weighted by Gasteiger charge is -2.23. The van der Waals surface area contributed by atoms with Gasteiger partial charge in [0, 0.05) is 13.5 Å². The Labute approximate surface area is 103 Å². The predicted molar refractivity (Wildman–Crippen MR) is 60.8 cm³/mol. The number of nitrogens with zero attached hydrogens (tertiary/aromatic N) is 1. The van der Waals surface area contributed by atoms with Gasteiger partial charge in [0.15, 0.2) is 0 Å². The van der Waals surface area contributed by atoms with Crippen LogP contribution < -0.4 is 0 Å². The van der Waals surface area contributed by atoms with Crippen molar-refractivity contribution in [3.05, 3.63) is 35.4 Å². The fraction of sp³-hybridized carbons (Fsp3) is 0.462. The molecule has 0 aromatic heterocycles. The lowest BCUT2D eigenvalue weighted by molar-refractivity contribution is -0.137. The van der Waals surface area contributed by atoms with Gasteiger partial charge in [-0.1, -0.05) is 12.1 Å². The molecule has 1 fully saturated rings. The number of amides is 1. The maximum absolute atomic E-state index is 12.4. The summed E-state index contributed by atoms with van der Waals surface area (Å²) in [6.45, 7) is 2.17. The molecule has 1 saturated heterocycles. The lowest BCUT2D eigenvalue weighted by atomic mass is 10.0. The van der Waals surface area contributed by atoms with Crippen LogP contribution in [0.4, 0.5) is 13.2 Å². The van der Waals surface area contributed by atoms with Crippen LogP contribution in [0.5, 0.6) is 0 Å². The third-order valence-electron chi connectivity index (χ3n) is 3.28. The number of benzene rings is 1. The minimum Gasteiger partial charge on any atom is -0.336 e. The Balaban J connectivity index is 2.22. The number of hydrogen-bond donors (Lipinski definition) is 0. The standard InChI is InChI=1S/C13H14F3NO/c1-9(18)17-8-2-3-12(17)10-4-6-11(7-5-10)13(14,15)16/h4-7,12H,2-3,8H2,1H3/t12-/m0/s1. The molecule has 0 N–H and O–H groups in total. The Morgan fingerprint density at radius 1 is 1.28 bits per heavy atom. The minimum atomic E-state index is -4.31. The van der Waals surface area contributed by atoms with Gasteiger partial charge in [0.25, 0.3) is 0 Å². The Kier molecular flexibility index (Phi) is 3.32. The normalized spacial score (nSPS) is 20.2. The molecule has 1 aromatic rings. The molecule has 5 heteroatoms. The second-order valence-corrected chi connectivity index (χ2v) is 4.49. The van der Waals surface area contributed by atoms with Crippen molar-refractivity contribution in [2.24, 2.45) is 0 Å². The van der Waals surface area contributed by atoms with Crippen LogP contribution in [0.2, 0.25) is 0 Å². The highest BCUT2D eigenvalue weighted by Crippen LogP contribution is 2.34. The van der Waals surface area contributed by atoms with Crippen LogP contribution >= 0.6 is 0 Å². The van der Waals surface area contributed by atoms with Crippen LogP contribution in [-0.2, 0) is 11.0 Å². The summed E-state index contributed by atoms with van der Waals surface area (Å²) in [6, 6.07) is 5.01. The van der Waals surface area contributed by atoms with E-state index in [1.807, 2.05) is 0 Å². The van der Waals surface area contributed by atoms with E-state index in [9.17, 15) is 18.0 Å². The highest BCUT2D eigenvalue weighted by molar-refractivity contribution is 5.74. The monoisotopic (exact) mass is 257 g/mol. The van der Waals surface area contributed by atoms with E-state index < -0.39 is 11.7 Å². The molecule has 1 atom stereocenters. The summed E-state index contributed by atoms with van der Waals surface area (Å²) in [4.78, 5) is 13.1. The van der Waals surface area contributed by atoms with E-state index in [4.69, 9.17) is 0 Å². The van der Waals surface area contributed by atoms with Crippen molar-refractivity contribution >= 4 is 5.91 Å². The molecule has 0 saturated carbocycles. The first kappa shape index (κ1) is 12.9. The minimum absolute atomic E-state index is 0.0302. The third-order valence-corrected chi connectivity index (χ3v) is 3.28. The summed E-state index contributed by atoms with van der Waals surface area (Å²) < 4.78 is 37.3. The summed E-state index contributed by atoms with van der Waals surface area (Å²) in [5.41, 5.74) is 0.120. The summed E-state index contributed by atoms with van der Waals surface area (Å²) >= 11 is 0. The van der Waals surface area contributed by atoms with Gasteiger partial charge in [-0.3, -0.25) is 4.79 Å². The molecule has 1 amide bonds. The van der Waals surface area contributed by atoms with E-state index in [2.05, 4.69) is 0 Å². The average Bonchev–Trinajstić information content (AvgIpc) is 2.77. The summed E-state index contributed by atoms with van der Waals surface area (Å²) in [5, 5.41) is 0. The number of hydrogen-bond acceptors (Lipinski definition) is 1. The van der Waals surface area contributed by atoms with E-state index in [0.29, 0.717) is 6.54 Å². The molecule has 98 valence electrons. The molecule has 1 aromatic carbocycles.